The molecular formula is C19H26N4O2. The summed E-state index contributed by atoms with van der Waals surface area (Å²) in [6, 6.07) is 8.11. The molecule has 6 heteroatoms. The minimum absolute atomic E-state index is 0.228. The van der Waals surface area contributed by atoms with Crippen LogP contribution in [0.3, 0.4) is 0 Å². The van der Waals surface area contributed by atoms with Gasteiger partial charge in [0.25, 0.3) is 0 Å². The fraction of sp³-hybridized carbons (Fsp3) is 0.526. The Kier molecular flexibility index (Phi) is 6.17. The maximum absolute atomic E-state index is 11.3. The highest BCUT2D eigenvalue weighted by Gasteiger charge is 2.25. The Morgan fingerprint density at radius 2 is 2.12 bits per heavy atom. The van der Waals surface area contributed by atoms with Gasteiger partial charge in [-0.2, -0.15) is 0 Å². The zero-order chi connectivity index (χ0) is 17.5. The molecule has 1 aliphatic rings. The molecule has 2 heterocycles. The van der Waals surface area contributed by atoms with E-state index in [1.807, 2.05) is 31.2 Å². The molecule has 3 rings (SSSR count). The van der Waals surface area contributed by atoms with Gasteiger partial charge in [-0.3, -0.25) is 4.90 Å². The van der Waals surface area contributed by atoms with E-state index in [9.17, 15) is 4.79 Å². The topological polar surface area (TPSA) is 60.2 Å². The van der Waals surface area contributed by atoms with E-state index in [1.165, 1.54) is 18.9 Å². The van der Waals surface area contributed by atoms with E-state index in [1.54, 1.807) is 0 Å². The predicted octanol–water partition coefficient (Wildman–Crippen LogP) is 3.32. The van der Waals surface area contributed by atoms with Crippen molar-refractivity contribution < 1.29 is 9.53 Å². The molecule has 0 saturated carbocycles. The number of esters is 1. The lowest BCUT2D eigenvalue weighted by Gasteiger charge is -2.27. The molecule has 0 aliphatic carbocycles. The van der Waals surface area contributed by atoms with Crippen molar-refractivity contribution in [1.29, 1.82) is 0 Å². The number of hydrogen-bond donors (Lipinski definition) is 0. The maximum atomic E-state index is 11.3. The van der Waals surface area contributed by atoms with Crippen LogP contribution < -0.4 is 0 Å². The Labute approximate surface area is 148 Å². The van der Waals surface area contributed by atoms with E-state index >= 15 is 0 Å². The fourth-order valence-electron chi connectivity index (χ4n) is 3.39. The molecule has 1 aromatic heterocycles. The molecule has 25 heavy (non-hydrogen) atoms. The van der Waals surface area contributed by atoms with E-state index in [0.717, 1.165) is 43.4 Å². The lowest BCUT2D eigenvalue weighted by Crippen LogP contribution is -2.31. The summed E-state index contributed by atoms with van der Waals surface area (Å²) < 4.78 is 6.97. The predicted molar refractivity (Wildman–Crippen MR) is 97.0 cm³/mol. The molecular weight excluding hydrogens is 316 g/mol. The molecule has 1 aromatic carbocycles. The summed E-state index contributed by atoms with van der Waals surface area (Å²) >= 11 is 0. The van der Waals surface area contributed by atoms with Gasteiger partial charge >= 0.3 is 5.97 Å². The third-order valence-corrected chi connectivity index (χ3v) is 4.60. The summed E-state index contributed by atoms with van der Waals surface area (Å²) in [5, 5.41) is 8.73. The average Bonchev–Trinajstić information content (AvgIpc) is 3.28. The largest absolute Gasteiger partial charge is 0.463 e. The Balaban J connectivity index is 1.65. The van der Waals surface area contributed by atoms with Gasteiger partial charge in [-0.25, -0.2) is 9.48 Å². The number of hydrogen-bond acceptors (Lipinski definition) is 5. The first-order valence-electron chi connectivity index (χ1n) is 9.17. The van der Waals surface area contributed by atoms with Crippen LogP contribution >= 0.6 is 0 Å². The normalized spacial score (nSPS) is 16.7. The number of ether oxygens (including phenoxy) is 1. The standard InChI is InChI=1S/C19H26N4O2/c1-2-25-19(24)13-5-3-4-12-18(22-14-8-9-15-22)23-17-11-7-6-10-16(17)20-21-23/h5-7,10-11,13,18H,2-4,8-9,12,14-15H2,1H3/b13-5+. The molecule has 1 aliphatic heterocycles. The van der Waals surface area contributed by atoms with Crippen molar-refractivity contribution in [3.63, 3.8) is 0 Å². The number of aromatic nitrogens is 3. The van der Waals surface area contributed by atoms with Crippen molar-refractivity contribution in [2.75, 3.05) is 19.7 Å². The van der Waals surface area contributed by atoms with E-state index in [2.05, 4.69) is 26.0 Å². The quantitative estimate of drug-likeness (QED) is 0.418. The SMILES string of the molecule is CCOC(=O)/C=C/CCCC(N1CCCC1)n1nnc2ccccc21. The highest BCUT2D eigenvalue weighted by atomic mass is 16.5. The molecule has 134 valence electrons. The number of allylic oxidation sites excluding steroid dienone is 1. The molecule has 2 aromatic rings. The maximum Gasteiger partial charge on any atom is 0.330 e. The Hall–Kier alpha value is -2.21. The van der Waals surface area contributed by atoms with Gasteiger partial charge in [0.15, 0.2) is 0 Å². The van der Waals surface area contributed by atoms with Crippen LogP contribution in [0, 0.1) is 0 Å². The van der Waals surface area contributed by atoms with Crippen molar-refractivity contribution in [1.82, 2.24) is 19.9 Å². The molecule has 0 N–H and O–H groups in total. The Bertz CT molecular complexity index is 719. The van der Waals surface area contributed by atoms with Crippen LogP contribution in [0.15, 0.2) is 36.4 Å². The highest BCUT2D eigenvalue weighted by molar-refractivity contribution is 5.81. The smallest absolute Gasteiger partial charge is 0.330 e. The number of unbranched alkanes of at least 4 members (excludes halogenated alkanes) is 1. The number of likely N-dealkylation sites (tertiary alicyclic amines) is 1. The number of benzene rings is 1. The van der Waals surface area contributed by atoms with E-state index in [0.29, 0.717) is 6.61 Å². The minimum atomic E-state index is -0.263. The summed E-state index contributed by atoms with van der Waals surface area (Å²) in [6.45, 7) is 4.45. The number of para-hydroxylation sites is 1. The molecule has 0 radical (unpaired) electrons. The molecule has 0 bridgehead atoms. The third-order valence-electron chi connectivity index (χ3n) is 4.60. The summed E-state index contributed by atoms with van der Waals surface area (Å²) in [7, 11) is 0. The first-order chi connectivity index (χ1) is 12.3. The monoisotopic (exact) mass is 342 g/mol. The van der Waals surface area contributed by atoms with Gasteiger partial charge in [-0.15, -0.1) is 5.10 Å². The number of carbonyl (C=O) groups is 1. The molecule has 1 atom stereocenters. The molecule has 0 spiro atoms. The number of rotatable bonds is 8. The summed E-state index contributed by atoms with van der Waals surface area (Å²) in [5.41, 5.74) is 2.02. The van der Waals surface area contributed by atoms with Gasteiger partial charge in [-0.1, -0.05) is 23.4 Å². The molecule has 1 fully saturated rings. The van der Waals surface area contributed by atoms with Crippen molar-refractivity contribution in [3.05, 3.63) is 36.4 Å². The van der Waals surface area contributed by atoms with Crippen molar-refractivity contribution in [3.8, 4) is 0 Å². The van der Waals surface area contributed by atoms with Gasteiger partial charge in [0.1, 0.15) is 11.7 Å². The van der Waals surface area contributed by atoms with Crippen LogP contribution in [0.5, 0.6) is 0 Å². The minimum Gasteiger partial charge on any atom is -0.463 e. The summed E-state index contributed by atoms with van der Waals surface area (Å²) in [6.07, 6.45) is 8.97. The number of nitrogens with zero attached hydrogens (tertiary/aromatic N) is 4. The van der Waals surface area contributed by atoms with E-state index in [4.69, 9.17) is 4.74 Å². The van der Waals surface area contributed by atoms with Crippen LogP contribution in [0.25, 0.3) is 11.0 Å². The fourth-order valence-corrected chi connectivity index (χ4v) is 3.39. The molecule has 6 nitrogen and oxygen atoms in total. The van der Waals surface area contributed by atoms with Crippen LogP contribution in [-0.4, -0.2) is 45.6 Å². The molecule has 0 amide bonds. The second-order valence-electron chi connectivity index (χ2n) is 6.33. The first-order valence-corrected chi connectivity index (χ1v) is 9.17. The average molecular weight is 342 g/mol. The van der Waals surface area contributed by atoms with E-state index in [-0.39, 0.29) is 12.1 Å². The van der Waals surface area contributed by atoms with Gasteiger partial charge in [0.2, 0.25) is 0 Å². The van der Waals surface area contributed by atoms with E-state index < -0.39 is 0 Å². The second-order valence-corrected chi connectivity index (χ2v) is 6.33. The number of fused-ring (bicyclic) bond motifs is 1. The van der Waals surface area contributed by atoms with Crippen molar-refractivity contribution in [2.24, 2.45) is 0 Å². The van der Waals surface area contributed by atoms with Crippen LogP contribution in [0.1, 0.15) is 45.2 Å². The summed E-state index contributed by atoms with van der Waals surface area (Å²) in [5.74, 6) is -0.263. The number of carbonyl (C=O) groups excluding carboxylic acids is 1. The zero-order valence-electron chi connectivity index (χ0n) is 14.8. The Morgan fingerprint density at radius 1 is 1.32 bits per heavy atom. The first kappa shape index (κ1) is 17.6. The lowest BCUT2D eigenvalue weighted by atomic mass is 10.1. The van der Waals surface area contributed by atoms with Crippen LogP contribution in [-0.2, 0) is 9.53 Å². The van der Waals surface area contributed by atoms with Gasteiger partial charge < -0.3 is 4.74 Å². The molecule has 1 unspecified atom stereocenters. The third kappa shape index (κ3) is 4.45. The summed E-state index contributed by atoms with van der Waals surface area (Å²) in [4.78, 5) is 13.8. The molecule has 1 saturated heterocycles. The van der Waals surface area contributed by atoms with Gasteiger partial charge in [-0.05, 0) is 51.2 Å². The van der Waals surface area contributed by atoms with Crippen molar-refractivity contribution >= 4 is 17.0 Å². The van der Waals surface area contributed by atoms with Gasteiger partial charge in [0.05, 0.1) is 12.1 Å². The Morgan fingerprint density at radius 3 is 2.92 bits per heavy atom. The van der Waals surface area contributed by atoms with Crippen LogP contribution in [0.4, 0.5) is 0 Å². The second kappa shape index (κ2) is 8.76. The van der Waals surface area contributed by atoms with Gasteiger partial charge in [0, 0.05) is 19.2 Å². The zero-order valence-corrected chi connectivity index (χ0v) is 14.8. The van der Waals surface area contributed by atoms with Crippen LogP contribution in [0.2, 0.25) is 0 Å². The van der Waals surface area contributed by atoms with Crippen molar-refractivity contribution in [2.45, 2.75) is 45.2 Å². The highest BCUT2D eigenvalue weighted by Crippen LogP contribution is 2.27. The lowest BCUT2D eigenvalue weighted by molar-refractivity contribution is -0.137.